The molecule has 138 valence electrons. The maximum absolute atomic E-state index is 11.9. The van der Waals surface area contributed by atoms with E-state index in [2.05, 4.69) is 15.3 Å². The largest absolute Gasteiger partial charge is 0.481 e. The first-order valence-electron chi connectivity index (χ1n) is 7.28. The SMILES string of the molecule is COc1cc(OC)nc(NC(=O)COC(=O)Cc2c(Cl)cccc2Cl)n1. The van der Waals surface area contributed by atoms with Crippen molar-refractivity contribution in [2.45, 2.75) is 6.42 Å². The molecule has 26 heavy (non-hydrogen) atoms. The van der Waals surface area contributed by atoms with Crippen LogP contribution < -0.4 is 14.8 Å². The standard InChI is InChI=1S/C16H15Cl2N3O5/c1-24-13-7-14(25-2)21-16(20-13)19-12(22)8-26-15(23)6-9-10(17)4-3-5-11(9)18/h3-5,7H,6,8H2,1-2H3,(H,19,20,21,22). The quantitative estimate of drug-likeness (QED) is 0.713. The van der Waals surface area contributed by atoms with Crippen molar-refractivity contribution in [3.8, 4) is 11.8 Å². The zero-order valence-corrected chi connectivity index (χ0v) is 15.4. The highest BCUT2D eigenvalue weighted by atomic mass is 35.5. The Labute approximate surface area is 159 Å². The van der Waals surface area contributed by atoms with Crippen LogP contribution in [-0.4, -0.2) is 42.7 Å². The summed E-state index contributed by atoms with van der Waals surface area (Å²) < 4.78 is 14.9. The summed E-state index contributed by atoms with van der Waals surface area (Å²) in [4.78, 5) is 31.7. The van der Waals surface area contributed by atoms with E-state index in [-0.39, 0.29) is 24.1 Å². The molecule has 0 aliphatic rings. The molecule has 0 saturated heterocycles. The van der Waals surface area contributed by atoms with Gasteiger partial charge in [-0.3, -0.25) is 14.9 Å². The van der Waals surface area contributed by atoms with Gasteiger partial charge in [-0.25, -0.2) is 0 Å². The predicted molar refractivity (Wildman–Crippen MR) is 94.9 cm³/mol. The Hall–Kier alpha value is -2.58. The van der Waals surface area contributed by atoms with E-state index in [0.717, 1.165) is 0 Å². The third-order valence-corrected chi connectivity index (χ3v) is 3.80. The summed E-state index contributed by atoms with van der Waals surface area (Å²) in [5.41, 5.74) is 0.433. The summed E-state index contributed by atoms with van der Waals surface area (Å²) in [7, 11) is 2.82. The van der Waals surface area contributed by atoms with Crippen molar-refractivity contribution in [2.24, 2.45) is 0 Å². The van der Waals surface area contributed by atoms with Crippen molar-refractivity contribution in [3.63, 3.8) is 0 Å². The van der Waals surface area contributed by atoms with E-state index in [0.29, 0.717) is 15.6 Å². The first-order chi connectivity index (χ1) is 12.4. The molecular weight excluding hydrogens is 385 g/mol. The molecule has 0 aliphatic carbocycles. The van der Waals surface area contributed by atoms with Crippen molar-refractivity contribution < 1.29 is 23.8 Å². The number of hydrogen-bond acceptors (Lipinski definition) is 7. The molecule has 0 aliphatic heterocycles. The van der Waals surface area contributed by atoms with Gasteiger partial charge < -0.3 is 14.2 Å². The Morgan fingerprint density at radius 1 is 1.08 bits per heavy atom. The number of nitrogens with one attached hydrogen (secondary N) is 1. The molecule has 0 bridgehead atoms. The van der Waals surface area contributed by atoms with Crippen LogP contribution in [0.4, 0.5) is 5.95 Å². The smallest absolute Gasteiger partial charge is 0.310 e. The minimum atomic E-state index is -0.653. The molecule has 10 heteroatoms. The average Bonchev–Trinajstić information content (AvgIpc) is 2.62. The number of carbonyl (C=O) groups is 2. The van der Waals surface area contributed by atoms with Gasteiger partial charge in [-0.15, -0.1) is 0 Å². The number of aromatic nitrogens is 2. The molecule has 1 N–H and O–H groups in total. The summed E-state index contributed by atoms with van der Waals surface area (Å²) >= 11 is 12.0. The van der Waals surface area contributed by atoms with E-state index in [1.165, 1.54) is 20.3 Å². The summed E-state index contributed by atoms with van der Waals surface area (Å²) in [5.74, 6) is -0.912. The van der Waals surface area contributed by atoms with Gasteiger partial charge in [0, 0.05) is 15.6 Å². The van der Waals surface area contributed by atoms with E-state index in [1.807, 2.05) is 0 Å². The number of methoxy groups -OCH3 is 2. The molecule has 0 spiro atoms. The number of esters is 1. The van der Waals surface area contributed by atoms with Crippen LogP contribution in [0.1, 0.15) is 5.56 Å². The lowest BCUT2D eigenvalue weighted by molar-refractivity contribution is -0.146. The second-order valence-electron chi connectivity index (χ2n) is 4.86. The number of ether oxygens (including phenoxy) is 3. The van der Waals surface area contributed by atoms with Crippen molar-refractivity contribution in [2.75, 3.05) is 26.1 Å². The van der Waals surface area contributed by atoms with Crippen LogP contribution in [-0.2, 0) is 20.7 Å². The van der Waals surface area contributed by atoms with Crippen molar-refractivity contribution in [1.82, 2.24) is 9.97 Å². The predicted octanol–water partition coefficient (Wildman–Crippen LogP) is 2.53. The van der Waals surface area contributed by atoms with Gasteiger partial charge in [-0.05, 0) is 12.1 Å². The van der Waals surface area contributed by atoms with E-state index < -0.39 is 18.5 Å². The lowest BCUT2D eigenvalue weighted by Gasteiger charge is -2.09. The topological polar surface area (TPSA) is 99.6 Å². The molecule has 1 heterocycles. The van der Waals surface area contributed by atoms with E-state index >= 15 is 0 Å². The molecule has 0 radical (unpaired) electrons. The van der Waals surface area contributed by atoms with E-state index in [1.54, 1.807) is 18.2 Å². The van der Waals surface area contributed by atoms with Crippen molar-refractivity contribution in [1.29, 1.82) is 0 Å². The Bertz CT molecular complexity index is 774. The maximum atomic E-state index is 11.9. The molecule has 1 aromatic heterocycles. The molecule has 0 fully saturated rings. The Morgan fingerprint density at radius 3 is 2.19 bits per heavy atom. The Kier molecular flexibility index (Phi) is 6.99. The van der Waals surface area contributed by atoms with Gasteiger partial charge in [0.15, 0.2) is 6.61 Å². The number of amides is 1. The second kappa shape index (κ2) is 9.21. The third kappa shape index (κ3) is 5.47. The van der Waals surface area contributed by atoms with Gasteiger partial charge in [0.25, 0.3) is 5.91 Å². The van der Waals surface area contributed by atoms with Crippen LogP contribution in [0.25, 0.3) is 0 Å². The van der Waals surface area contributed by atoms with Crippen LogP contribution in [0.2, 0.25) is 10.0 Å². The van der Waals surface area contributed by atoms with E-state index in [9.17, 15) is 9.59 Å². The van der Waals surface area contributed by atoms with Crippen molar-refractivity contribution in [3.05, 3.63) is 39.9 Å². The van der Waals surface area contributed by atoms with Crippen LogP contribution >= 0.6 is 23.2 Å². The molecule has 0 unspecified atom stereocenters. The molecule has 0 atom stereocenters. The zero-order chi connectivity index (χ0) is 19.1. The molecular formula is C16H15Cl2N3O5. The van der Waals surface area contributed by atoms with Crippen LogP contribution in [0.5, 0.6) is 11.8 Å². The molecule has 0 saturated carbocycles. The molecule has 2 aromatic rings. The highest BCUT2D eigenvalue weighted by Crippen LogP contribution is 2.24. The first kappa shape index (κ1) is 19.7. The number of benzene rings is 1. The van der Waals surface area contributed by atoms with Gasteiger partial charge in [0.1, 0.15) is 0 Å². The summed E-state index contributed by atoms with van der Waals surface area (Å²) in [6, 6.07) is 6.32. The number of nitrogens with zero attached hydrogens (tertiary/aromatic N) is 2. The number of carbonyl (C=O) groups excluding carboxylic acids is 2. The Balaban J connectivity index is 1.91. The Morgan fingerprint density at radius 2 is 1.65 bits per heavy atom. The second-order valence-corrected chi connectivity index (χ2v) is 5.68. The van der Waals surface area contributed by atoms with Gasteiger partial charge in [-0.1, -0.05) is 29.3 Å². The number of halogens is 2. The maximum Gasteiger partial charge on any atom is 0.310 e. The highest BCUT2D eigenvalue weighted by Gasteiger charge is 2.15. The molecule has 1 amide bonds. The van der Waals surface area contributed by atoms with Gasteiger partial charge >= 0.3 is 5.97 Å². The fraction of sp³-hybridized carbons (Fsp3) is 0.250. The average molecular weight is 400 g/mol. The minimum absolute atomic E-state index is 0.0450. The number of rotatable bonds is 7. The lowest BCUT2D eigenvalue weighted by Crippen LogP contribution is -2.23. The lowest BCUT2D eigenvalue weighted by atomic mass is 10.1. The van der Waals surface area contributed by atoms with Crippen LogP contribution in [0.3, 0.4) is 0 Å². The third-order valence-electron chi connectivity index (χ3n) is 3.10. The van der Waals surface area contributed by atoms with Crippen molar-refractivity contribution >= 4 is 41.0 Å². The summed E-state index contributed by atoms with van der Waals surface area (Å²) in [6.07, 6.45) is -0.157. The zero-order valence-electron chi connectivity index (χ0n) is 13.9. The van der Waals surface area contributed by atoms with Gasteiger partial charge in [-0.2, -0.15) is 9.97 Å². The highest BCUT2D eigenvalue weighted by molar-refractivity contribution is 6.36. The summed E-state index contributed by atoms with van der Waals surface area (Å²) in [5, 5.41) is 3.07. The normalized spacial score (nSPS) is 10.2. The molecule has 2 rings (SSSR count). The molecule has 8 nitrogen and oxygen atoms in total. The first-order valence-corrected chi connectivity index (χ1v) is 8.04. The molecule has 1 aromatic carbocycles. The van der Waals surface area contributed by atoms with Gasteiger partial charge in [0.05, 0.1) is 26.7 Å². The number of hydrogen-bond donors (Lipinski definition) is 1. The van der Waals surface area contributed by atoms with Crippen LogP contribution in [0.15, 0.2) is 24.3 Å². The minimum Gasteiger partial charge on any atom is -0.481 e. The van der Waals surface area contributed by atoms with Gasteiger partial charge in [0.2, 0.25) is 17.7 Å². The summed E-state index contributed by atoms with van der Waals surface area (Å²) in [6.45, 7) is -0.524. The van der Waals surface area contributed by atoms with E-state index in [4.69, 9.17) is 37.4 Å². The van der Waals surface area contributed by atoms with Crippen LogP contribution in [0, 0.1) is 0 Å². The fourth-order valence-electron chi connectivity index (χ4n) is 1.87. The number of anilines is 1. The monoisotopic (exact) mass is 399 g/mol. The fourth-order valence-corrected chi connectivity index (χ4v) is 2.40.